The van der Waals surface area contributed by atoms with Gasteiger partial charge in [-0.2, -0.15) is 0 Å². The largest absolute Gasteiger partial charge is 0.452 e. The molecule has 0 spiro atoms. The lowest BCUT2D eigenvalue weighted by Crippen LogP contribution is -2.22. The second-order valence-corrected chi connectivity index (χ2v) is 8.92. The summed E-state index contributed by atoms with van der Waals surface area (Å²) in [7, 11) is -0.665. The van der Waals surface area contributed by atoms with Crippen LogP contribution in [-0.2, 0) is 24.3 Å². The number of nitrogens with zero attached hydrogens (tertiary/aromatic N) is 1. The zero-order valence-corrected chi connectivity index (χ0v) is 17.7. The number of hydrogen-bond acceptors (Lipinski definition) is 5. The molecule has 0 fully saturated rings. The third kappa shape index (κ3) is 6.29. The van der Waals surface area contributed by atoms with Gasteiger partial charge in [-0.3, -0.25) is 4.79 Å². The molecule has 7 nitrogen and oxygen atoms in total. The van der Waals surface area contributed by atoms with Crippen LogP contribution in [0.2, 0.25) is 0 Å². The summed E-state index contributed by atoms with van der Waals surface area (Å²) in [5.74, 6) is -1.19. The fraction of sp³-hybridized carbons (Fsp3) is 0.158. The Labute approximate surface area is 172 Å². The van der Waals surface area contributed by atoms with Crippen molar-refractivity contribution in [2.45, 2.75) is 4.90 Å². The number of nitrogens with one attached hydrogen (secondary N) is 1. The highest BCUT2D eigenvalue weighted by atomic mass is 79.9. The first-order valence-corrected chi connectivity index (χ1v) is 10.3. The van der Waals surface area contributed by atoms with E-state index in [4.69, 9.17) is 4.74 Å². The van der Waals surface area contributed by atoms with Crippen LogP contribution in [0.5, 0.6) is 0 Å². The Morgan fingerprint density at radius 3 is 2.43 bits per heavy atom. The first-order valence-electron chi connectivity index (χ1n) is 8.11. The second-order valence-electron chi connectivity index (χ2n) is 5.86. The third-order valence-electron chi connectivity index (χ3n) is 3.52. The SMILES string of the molecule is CN(C)S(=O)(=O)c1ccc(NC(=O)COC(=O)/C=C/c2cccc(Br)c2)cc1. The van der Waals surface area contributed by atoms with Gasteiger partial charge < -0.3 is 10.1 Å². The van der Waals surface area contributed by atoms with Crippen molar-refractivity contribution >= 4 is 49.6 Å². The number of halogens is 1. The lowest BCUT2D eigenvalue weighted by molar-refractivity contribution is -0.142. The number of rotatable bonds is 7. The molecule has 0 saturated carbocycles. The number of sulfonamides is 1. The van der Waals surface area contributed by atoms with Crippen molar-refractivity contribution in [3.63, 3.8) is 0 Å². The summed E-state index contributed by atoms with van der Waals surface area (Å²) < 4.78 is 30.9. The number of amides is 1. The van der Waals surface area contributed by atoms with Crippen LogP contribution in [0, 0.1) is 0 Å². The summed E-state index contributed by atoms with van der Waals surface area (Å²) in [5.41, 5.74) is 1.20. The van der Waals surface area contributed by atoms with Gasteiger partial charge in [0.25, 0.3) is 5.91 Å². The third-order valence-corrected chi connectivity index (χ3v) is 5.85. The molecule has 0 aliphatic rings. The number of benzene rings is 2. The van der Waals surface area contributed by atoms with Gasteiger partial charge in [-0.15, -0.1) is 0 Å². The van der Waals surface area contributed by atoms with Crippen LogP contribution >= 0.6 is 15.9 Å². The van der Waals surface area contributed by atoms with Crippen molar-refractivity contribution in [2.24, 2.45) is 0 Å². The first-order chi connectivity index (χ1) is 13.2. The molecule has 148 valence electrons. The lowest BCUT2D eigenvalue weighted by Gasteiger charge is -2.12. The van der Waals surface area contributed by atoms with Crippen molar-refractivity contribution in [2.75, 3.05) is 26.0 Å². The van der Waals surface area contributed by atoms with E-state index in [2.05, 4.69) is 21.2 Å². The fourth-order valence-corrected chi connectivity index (χ4v) is 3.40. The average Bonchev–Trinajstić information content (AvgIpc) is 2.65. The Hall–Kier alpha value is -2.49. The number of anilines is 1. The van der Waals surface area contributed by atoms with Crippen LogP contribution in [0.3, 0.4) is 0 Å². The summed E-state index contributed by atoms with van der Waals surface area (Å²) in [6, 6.07) is 13.0. The normalized spacial score (nSPS) is 11.6. The standard InChI is InChI=1S/C19H19BrN2O5S/c1-22(2)28(25,26)17-9-7-16(8-10-17)21-18(23)13-27-19(24)11-6-14-4-3-5-15(20)12-14/h3-12H,13H2,1-2H3,(H,21,23)/b11-6+. The Morgan fingerprint density at radius 1 is 1.14 bits per heavy atom. The van der Waals surface area contributed by atoms with Gasteiger partial charge in [-0.25, -0.2) is 17.5 Å². The van der Waals surface area contributed by atoms with E-state index < -0.39 is 28.5 Å². The van der Waals surface area contributed by atoms with Gasteiger partial charge in [0.2, 0.25) is 10.0 Å². The Bertz CT molecular complexity index is 986. The smallest absolute Gasteiger partial charge is 0.331 e. The molecule has 0 radical (unpaired) electrons. The van der Waals surface area contributed by atoms with E-state index in [1.54, 1.807) is 6.08 Å². The topological polar surface area (TPSA) is 92.8 Å². The van der Waals surface area contributed by atoms with Gasteiger partial charge >= 0.3 is 5.97 Å². The summed E-state index contributed by atoms with van der Waals surface area (Å²) in [5, 5.41) is 2.53. The number of carbonyl (C=O) groups excluding carboxylic acids is 2. The van der Waals surface area contributed by atoms with Gasteiger partial charge in [-0.05, 0) is 48.0 Å². The monoisotopic (exact) mass is 466 g/mol. The molecule has 0 saturated heterocycles. The molecule has 28 heavy (non-hydrogen) atoms. The minimum atomic E-state index is -3.53. The Morgan fingerprint density at radius 2 is 1.82 bits per heavy atom. The van der Waals surface area contributed by atoms with E-state index in [1.165, 1.54) is 44.4 Å². The number of ether oxygens (including phenoxy) is 1. The predicted octanol–water partition coefficient (Wildman–Crippen LogP) is 2.89. The zero-order chi connectivity index (χ0) is 20.7. The number of esters is 1. The Balaban J connectivity index is 1.86. The summed E-state index contributed by atoms with van der Waals surface area (Å²) >= 11 is 3.33. The number of hydrogen-bond donors (Lipinski definition) is 1. The molecule has 0 bridgehead atoms. The van der Waals surface area contributed by atoms with E-state index >= 15 is 0 Å². The highest BCUT2D eigenvalue weighted by Crippen LogP contribution is 2.16. The van der Waals surface area contributed by atoms with E-state index in [0.717, 1.165) is 14.3 Å². The van der Waals surface area contributed by atoms with Crippen LogP contribution in [0.4, 0.5) is 5.69 Å². The summed E-state index contributed by atoms with van der Waals surface area (Å²) in [4.78, 5) is 23.7. The number of carbonyl (C=O) groups is 2. The molecule has 2 aromatic carbocycles. The quantitative estimate of drug-likeness (QED) is 0.500. The second kappa shape index (κ2) is 9.63. The van der Waals surface area contributed by atoms with Crippen molar-refractivity contribution in [1.82, 2.24) is 4.31 Å². The molecular weight excluding hydrogens is 448 g/mol. The van der Waals surface area contributed by atoms with Crippen molar-refractivity contribution in [3.8, 4) is 0 Å². The minimum Gasteiger partial charge on any atom is -0.452 e. The maximum Gasteiger partial charge on any atom is 0.331 e. The molecule has 9 heteroatoms. The van der Waals surface area contributed by atoms with Crippen molar-refractivity contribution in [1.29, 1.82) is 0 Å². The lowest BCUT2D eigenvalue weighted by atomic mass is 10.2. The zero-order valence-electron chi connectivity index (χ0n) is 15.3. The highest BCUT2D eigenvalue weighted by molar-refractivity contribution is 9.10. The fourth-order valence-electron chi connectivity index (χ4n) is 2.08. The predicted molar refractivity (Wildman–Crippen MR) is 110 cm³/mol. The van der Waals surface area contributed by atoms with Crippen LogP contribution in [-0.4, -0.2) is 45.3 Å². The summed E-state index contributed by atoms with van der Waals surface area (Å²) in [6.07, 6.45) is 2.81. The molecular formula is C19H19BrN2O5S. The molecule has 2 rings (SSSR count). The Kier molecular flexibility index (Phi) is 7.50. The van der Waals surface area contributed by atoms with Gasteiger partial charge in [0, 0.05) is 30.3 Å². The molecule has 0 heterocycles. The highest BCUT2D eigenvalue weighted by Gasteiger charge is 2.16. The van der Waals surface area contributed by atoms with E-state index in [1.807, 2.05) is 24.3 Å². The molecule has 0 atom stereocenters. The molecule has 0 aromatic heterocycles. The average molecular weight is 467 g/mol. The first kappa shape index (κ1) is 21.8. The molecule has 1 N–H and O–H groups in total. The van der Waals surface area contributed by atoms with Crippen LogP contribution in [0.1, 0.15) is 5.56 Å². The maximum absolute atomic E-state index is 12.0. The van der Waals surface area contributed by atoms with Crippen LogP contribution in [0.25, 0.3) is 6.08 Å². The van der Waals surface area contributed by atoms with Gasteiger partial charge in [0.15, 0.2) is 6.61 Å². The van der Waals surface area contributed by atoms with Crippen LogP contribution < -0.4 is 5.32 Å². The molecule has 1 amide bonds. The van der Waals surface area contributed by atoms with E-state index in [0.29, 0.717) is 5.69 Å². The van der Waals surface area contributed by atoms with E-state index in [-0.39, 0.29) is 4.90 Å². The molecule has 0 aliphatic carbocycles. The molecule has 0 aliphatic heterocycles. The molecule has 2 aromatic rings. The summed E-state index contributed by atoms with van der Waals surface area (Å²) in [6.45, 7) is -0.459. The van der Waals surface area contributed by atoms with Gasteiger partial charge in [-0.1, -0.05) is 28.1 Å². The van der Waals surface area contributed by atoms with Crippen LogP contribution in [0.15, 0.2) is 64.0 Å². The van der Waals surface area contributed by atoms with Gasteiger partial charge in [0.05, 0.1) is 4.90 Å². The minimum absolute atomic E-state index is 0.111. The maximum atomic E-state index is 12.0. The molecule has 0 unspecified atom stereocenters. The van der Waals surface area contributed by atoms with Gasteiger partial charge in [0.1, 0.15) is 0 Å². The van der Waals surface area contributed by atoms with Crippen molar-refractivity contribution < 1.29 is 22.7 Å². The van der Waals surface area contributed by atoms with Crippen molar-refractivity contribution in [3.05, 3.63) is 64.6 Å². The van der Waals surface area contributed by atoms with E-state index in [9.17, 15) is 18.0 Å².